The Hall–Kier alpha value is -2.02. The first kappa shape index (κ1) is 37.0. The number of Topliss-reactive ketones (excluding diaryl/α,β-unsaturated/α-hetero) is 1. The van der Waals surface area contributed by atoms with E-state index in [0.29, 0.717) is 19.3 Å². The lowest BCUT2D eigenvalue weighted by Crippen LogP contribution is -2.62. The van der Waals surface area contributed by atoms with Gasteiger partial charge in [0.25, 0.3) is 0 Å². The maximum absolute atomic E-state index is 13.1. The lowest BCUT2D eigenvalue weighted by Gasteiger charge is -2.32. The first-order valence-electron chi connectivity index (χ1n) is 16.9. The Labute approximate surface area is 250 Å². The molecule has 1 heterocycles. The van der Waals surface area contributed by atoms with E-state index in [4.69, 9.17) is 10.5 Å². The van der Waals surface area contributed by atoms with E-state index in [9.17, 15) is 19.2 Å². The zero-order valence-corrected chi connectivity index (χ0v) is 26.3. The van der Waals surface area contributed by atoms with Gasteiger partial charge in [0, 0.05) is 12.5 Å². The van der Waals surface area contributed by atoms with Gasteiger partial charge in [-0.25, -0.2) is 4.79 Å². The van der Waals surface area contributed by atoms with E-state index in [-0.39, 0.29) is 18.8 Å². The number of nitrogens with two attached hydrogens (primary N) is 1. The van der Waals surface area contributed by atoms with Gasteiger partial charge < -0.3 is 15.8 Å². The molecule has 0 aromatic heterocycles. The van der Waals surface area contributed by atoms with Crippen LogP contribution in [0.2, 0.25) is 0 Å². The van der Waals surface area contributed by atoms with Gasteiger partial charge in [-0.15, -0.1) is 0 Å². The SMILES string of the molecule is CCCCCCCCCCCCOC(=O)[C@]1(CCCC(N)C(=O)CCCCCCCCCCC)NC(=O)C=CC1=O. The molecule has 1 aliphatic heterocycles. The van der Waals surface area contributed by atoms with Gasteiger partial charge in [0.1, 0.15) is 5.78 Å². The molecule has 0 aromatic rings. The Morgan fingerprint density at radius 2 is 1.22 bits per heavy atom. The number of carbonyl (C=O) groups is 4. The molecule has 7 heteroatoms. The van der Waals surface area contributed by atoms with Crippen LogP contribution >= 0.6 is 0 Å². The molecule has 3 N–H and O–H groups in total. The molecule has 0 bridgehead atoms. The van der Waals surface area contributed by atoms with E-state index in [1.54, 1.807) is 0 Å². The quantitative estimate of drug-likeness (QED) is 0.0597. The molecule has 0 fully saturated rings. The molecule has 0 spiro atoms. The third kappa shape index (κ3) is 16.3. The van der Waals surface area contributed by atoms with Crippen molar-refractivity contribution in [2.75, 3.05) is 6.61 Å². The second kappa shape index (κ2) is 23.5. The Balaban J connectivity index is 2.35. The standard InChI is InChI=1S/C34H60N2O5/c1-3-5-7-9-11-13-15-17-19-21-28-41-33(40)34(31(38)25-26-32(39)36-34)27-22-23-29(35)30(37)24-20-18-16-14-12-10-8-6-4-2/h25-26,29H,3-24,27-28,35H2,1-2H3,(H,36,39)/t29?,34-/m1/s1. The Kier molecular flexibility index (Phi) is 21.2. The molecule has 0 radical (unpaired) electrons. The fraction of sp³-hybridized carbons (Fsp3) is 0.824. The number of esters is 1. The monoisotopic (exact) mass is 576 g/mol. The third-order valence-corrected chi connectivity index (χ3v) is 8.23. The van der Waals surface area contributed by atoms with Crippen molar-refractivity contribution in [3.63, 3.8) is 0 Å². The van der Waals surface area contributed by atoms with Crippen LogP contribution in [0.3, 0.4) is 0 Å². The fourth-order valence-electron chi connectivity index (χ4n) is 5.47. The molecule has 0 aromatic carbocycles. The normalized spacial score (nSPS) is 17.4. The molecule has 2 atom stereocenters. The number of amides is 1. The number of hydrogen-bond donors (Lipinski definition) is 2. The lowest BCUT2D eigenvalue weighted by molar-refractivity contribution is -0.157. The van der Waals surface area contributed by atoms with E-state index in [1.165, 1.54) is 83.5 Å². The summed E-state index contributed by atoms with van der Waals surface area (Å²) in [5.74, 6) is -1.68. The molecule has 1 aliphatic rings. The maximum Gasteiger partial charge on any atom is 0.340 e. The number of nitrogens with one attached hydrogen (secondary N) is 1. The fourth-order valence-corrected chi connectivity index (χ4v) is 5.47. The van der Waals surface area contributed by atoms with Crippen LogP contribution in [0.15, 0.2) is 12.2 Å². The van der Waals surface area contributed by atoms with E-state index < -0.39 is 29.2 Å². The summed E-state index contributed by atoms with van der Waals surface area (Å²) in [5, 5.41) is 2.57. The highest BCUT2D eigenvalue weighted by molar-refractivity contribution is 6.20. The van der Waals surface area contributed by atoms with Crippen LogP contribution in [0.25, 0.3) is 0 Å². The summed E-state index contributed by atoms with van der Waals surface area (Å²) in [5.41, 5.74) is 4.42. The van der Waals surface area contributed by atoms with Gasteiger partial charge in [-0.2, -0.15) is 0 Å². The summed E-state index contributed by atoms with van der Waals surface area (Å²) in [4.78, 5) is 50.5. The minimum Gasteiger partial charge on any atom is -0.464 e. The zero-order valence-electron chi connectivity index (χ0n) is 26.3. The predicted octanol–water partition coefficient (Wildman–Crippen LogP) is 7.43. The average molecular weight is 577 g/mol. The van der Waals surface area contributed by atoms with Crippen LogP contribution in [-0.4, -0.2) is 41.6 Å². The Bertz CT molecular complexity index is 781. The van der Waals surface area contributed by atoms with Crippen molar-refractivity contribution in [2.45, 2.75) is 173 Å². The molecule has 41 heavy (non-hydrogen) atoms. The van der Waals surface area contributed by atoms with Crippen LogP contribution < -0.4 is 11.1 Å². The molecule has 236 valence electrons. The molecule has 1 unspecified atom stereocenters. The van der Waals surface area contributed by atoms with Crippen LogP contribution in [0.1, 0.15) is 162 Å². The Morgan fingerprint density at radius 3 is 1.76 bits per heavy atom. The molecule has 1 amide bonds. The minimum atomic E-state index is -1.73. The molecular weight excluding hydrogens is 516 g/mol. The number of rotatable bonds is 27. The highest BCUT2D eigenvalue weighted by Crippen LogP contribution is 2.23. The second-order valence-electron chi connectivity index (χ2n) is 12.0. The molecule has 0 saturated carbocycles. The van der Waals surface area contributed by atoms with Crippen LogP contribution in [0, 0.1) is 0 Å². The summed E-state index contributed by atoms with van der Waals surface area (Å²) < 4.78 is 5.49. The van der Waals surface area contributed by atoms with Crippen LogP contribution in [0.5, 0.6) is 0 Å². The zero-order chi connectivity index (χ0) is 30.2. The first-order valence-corrected chi connectivity index (χ1v) is 16.9. The highest BCUT2D eigenvalue weighted by atomic mass is 16.5. The van der Waals surface area contributed by atoms with E-state index in [2.05, 4.69) is 19.2 Å². The first-order chi connectivity index (χ1) is 19.9. The summed E-state index contributed by atoms with van der Waals surface area (Å²) in [7, 11) is 0. The summed E-state index contributed by atoms with van der Waals surface area (Å²) in [6.07, 6.45) is 25.9. The number of unbranched alkanes of at least 4 members (excludes halogenated alkanes) is 17. The van der Waals surface area contributed by atoms with E-state index >= 15 is 0 Å². The molecule has 7 nitrogen and oxygen atoms in total. The number of carbonyl (C=O) groups excluding carboxylic acids is 4. The van der Waals surface area contributed by atoms with Gasteiger partial charge in [0.2, 0.25) is 11.4 Å². The third-order valence-electron chi connectivity index (χ3n) is 8.23. The topological polar surface area (TPSA) is 116 Å². The maximum atomic E-state index is 13.1. The second-order valence-corrected chi connectivity index (χ2v) is 12.0. The molecular formula is C34H60N2O5. The van der Waals surface area contributed by atoms with Crippen molar-refractivity contribution in [2.24, 2.45) is 5.73 Å². The molecule has 0 saturated heterocycles. The van der Waals surface area contributed by atoms with E-state index in [1.807, 2.05) is 0 Å². The number of ether oxygens (including phenoxy) is 1. The van der Waals surface area contributed by atoms with Gasteiger partial charge in [0.05, 0.1) is 12.6 Å². The van der Waals surface area contributed by atoms with Crippen LogP contribution in [-0.2, 0) is 23.9 Å². The predicted molar refractivity (Wildman–Crippen MR) is 167 cm³/mol. The number of ketones is 2. The Morgan fingerprint density at radius 1 is 0.732 bits per heavy atom. The van der Waals surface area contributed by atoms with Crippen molar-refractivity contribution in [3.05, 3.63) is 12.2 Å². The number of hydrogen-bond acceptors (Lipinski definition) is 6. The largest absolute Gasteiger partial charge is 0.464 e. The van der Waals surface area contributed by atoms with Crippen molar-refractivity contribution < 1.29 is 23.9 Å². The lowest BCUT2D eigenvalue weighted by atomic mass is 9.84. The van der Waals surface area contributed by atoms with Gasteiger partial charge in [0.15, 0.2) is 5.78 Å². The average Bonchev–Trinajstić information content (AvgIpc) is 2.96. The van der Waals surface area contributed by atoms with Gasteiger partial charge >= 0.3 is 5.97 Å². The van der Waals surface area contributed by atoms with Crippen molar-refractivity contribution in [1.82, 2.24) is 5.32 Å². The van der Waals surface area contributed by atoms with Gasteiger partial charge in [-0.05, 0) is 38.2 Å². The minimum absolute atomic E-state index is 0.0180. The molecule has 1 rings (SSSR count). The van der Waals surface area contributed by atoms with Crippen molar-refractivity contribution in [1.29, 1.82) is 0 Å². The van der Waals surface area contributed by atoms with Crippen LogP contribution in [0.4, 0.5) is 0 Å². The van der Waals surface area contributed by atoms with Gasteiger partial charge in [-0.1, -0.05) is 123 Å². The highest BCUT2D eigenvalue weighted by Gasteiger charge is 2.48. The summed E-state index contributed by atoms with van der Waals surface area (Å²) >= 11 is 0. The van der Waals surface area contributed by atoms with E-state index in [0.717, 1.165) is 50.7 Å². The molecule has 0 aliphatic carbocycles. The van der Waals surface area contributed by atoms with Crippen molar-refractivity contribution in [3.8, 4) is 0 Å². The van der Waals surface area contributed by atoms with Gasteiger partial charge in [-0.3, -0.25) is 14.4 Å². The van der Waals surface area contributed by atoms with Crippen molar-refractivity contribution >= 4 is 23.4 Å². The smallest absolute Gasteiger partial charge is 0.340 e. The summed E-state index contributed by atoms with van der Waals surface area (Å²) in [6.45, 7) is 4.67. The summed E-state index contributed by atoms with van der Waals surface area (Å²) in [6, 6.07) is -0.631.